The van der Waals surface area contributed by atoms with Gasteiger partial charge in [0.2, 0.25) is 5.95 Å². The van der Waals surface area contributed by atoms with Gasteiger partial charge in [0.05, 0.1) is 24.8 Å². The van der Waals surface area contributed by atoms with E-state index in [0.29, 0.717) is 74.0 Å². The third-order valence-corrected chi connectivity index (χ3v) is 7.60. The second kappa shape index (κ2) is 12.3. The van der Waals surface area contributed by atoms with Gasteiger partial charge in [0.15, 0.2) is 5.82 Å². The number of halogens is 2. The lowest BCUT2D eigenvalue weighted by Crippen LogP contribution is -2.56. The van der Waals surface area contributed by atoms with Crippen LogP contribution in [0.5, 0.6) is 11.5 Å². The number of nitriles is 1. The molecular formula is C29H31F2N7O3. The number of piperidine rings is 2. The van der Waals surface area contributed by atoms with Gasteiger partial charge in [0.1, 0.15) is 48.4 Å². The van der Waals surface area contributed by atoms with E-state index in [1.807, 2.05) is 12.1 Å². The molecule has 3 aliphatic heterocycles. The van der Waals surface area contributed by atoms with E-state index in [-0.39, 0.29) is 12.1 Å². The van der Waals surface area contributed by atoms with Gasteiger partial charge < -0.3 is 24.8 Å². The number of hydrogen-bond acceptors (Lipinski definition) is 10. The van der Waals surface area contributed by atoms with Crippen molar-refractivity contribution >= 4 is 11.6 Å². The number of benzene rings is 2. The number of nitrogens with zero attached hydrogens (tertiary/aromatic N) is 5. The van der Waals surface area contributed by atoms with Crippen molar-refractivity contribution in [2.24, 2.45) is 0 Å². The number of alkyl halides is 2. The van der Waals surface area contributed by atoms with Crippen LogP contribution in [0.4, 0.5) is 20.4 Å². The summed E-state index contributed by atoms with van der Waals surface area (Å²) in [4.78, 5) is 15.1. The zero-order valence-corrected chi connectivity index (χ0v) is 22.4. The molecule has 2 aromatic carbocycles. The predicted octanol–water partition coefficient (Wildman–Crippen LogP) is 3.42. The minimum Gasteiger partial charge on any atom is -0.487 e. The highest BCUT2D eigenvalue weighted by atomic mass is 19.1. The Kier molecular flexibility index (Phi) is 8.18. The van der Waals surface area contributed by atoms with Gasteiger partial charge in [-0.25, -0.2) is 18.7 Å². The fraction of sp³-hybridized carbons (Fsp3) is 0.448. The molecule has 41 heavy (non-hydrogen) atoms. The molecular weight excluding hydrogens is 532 g/mol. The molecule has 3 aromatic rings. The molecule has 214 valence electrons. The van der Waals surface area contributed by atoms with Crippen LogP contribution in [0.25, 0.3) is 11.4 Å². The maximum atomic E-state index is 14.8. The minimum absolute atomic E-state index is 0.231. The fourth-order valence-corrected chi connectivity index (χ4v) is 5.17. The number of nitrogens with one attached hydrogen (secondary N) is 2. The molecule has 0 amide bonds. The van der Waals surface area contributed by atoms with Gasteiger partial charge in [-0.05, 0) is 61.9 Å². The number of aromatic nitrogens is 3. The predicted molar refractivity (Wildman–Crippen MR) is 147 cm³/mol. The molecule has 3 aliphatic rings. The Bertz CT molecular complexity index is 1390. The summed E-state index contributed by atoms with van der Waals surface area (Å²) in [6.07, 6.45) is -0.749. The average molecular weight is 564 g/mol. The maximum Gasteiger partial charge on any atom is 0.230 e. The van der Waals surface area contributed by atoms with Crippen LogP contribution in [0.3, 0.4) is 0 Å². The van der Waals surface area contributed by atoms with Crippen molar-refractivity contribution < 1.29 is 23.0 Å². The monoisotopic (exact) mass is 563 g/mol. The molecule has 0 saturated carbocycles. The highest BCUT2D eigenvalue weighted by molar-refractivity contribution is 5.63. The van der Waals surface area contributed by atoms with Crippen LogP contribution >= 0.6 is 0 Å². The number of hydrogen-bond donors (Lipinski definition) is 2. The van der Waals surface area contributed by atoms with Crippen molar-refractivity contribution in [1.29, 1.82) is 5.26 Å². The molecule has 4 heterocycles. The van der Waals surface area contributed by atoms with E-state index in [1.165, 1.54) is 6.33 Å². The second-order valence-corrected chi connectivity index (χ2v) is 10.4. The summed E-state index contributed by atoms with van der Waals surface area (Å²) in [5.41, 5.74) is 1.59. The quantitative estimate of drug-likeness (QED) is 0.422. The van der Waals surface area contributed by atoms with Gasteiger partial charge in [0, 0.05) is 30.9 Å². The van der Waals surface area contributed by atoms with E-state index in [0.717, 1.165) is 12.2 Å². The Balaban J connectivity index is 1.08. The molecule has 0 unspecified atom stereocenters. The lowest BCUT2D eigenvalue weighted by atomic mass is 10.0. The molecule has 0 bridgehead atoms. The summed E-state index contributed by atoms with van der Waals surface area (Å²) in [5, 5.41) is 15.8. The Hall–Kier alpha value is -3.92. The van der Waals surface area contributed by atoms with Crippen LogP contribution in [-0.4, -0.2) is 89.8 Å². The first kappa shape index (κ1) is 27.3. The fourth-order valence-electron chi connectivity index (χ4n) is 5.17. The number of rotatable bonds is 8. The molecule has 1 aromatic heterocycles. The lowest BCUT2D eigenvalue weighted by molar-refractivity contribution is -0.0927. The summed E-state index contributed by atoms with van der Waals surface area (Å²) < 4.78 is 46.0. The molecule has 0 radical (unpaired) electrons. The van der Waals surface area contributed by atoms with Crippen LogP contribution in [0.1, 0.15) is 18.4 Å². The highest BCUT2D eigenvalue weighted by Crippen LogP contribution is 2.29. The van der Waals surface area contributed by atoms with Crippen LogP contribution in [-0.2, 0) is 4.74 Å². The topological polar surface area (TPSA) is 117 Å². The zero-order valence-electron chi connectivity index (χ0n) is 22.4. The maximum absolute atomic E-state index is 14.8. The third kappa shape index (κ3) is 6.37. The van der Waals surface area contributed by atoms with Gasteiger partial charge in [-0.15, -0.1) is 0 Å². The average Bonchev–Trinajstić information content (AvgIpc) is 2.96. The van der Waals surface area contributed by atoms with Crippen molar-refractivity contribution in [3.05, 3.63) is 54.4 Å². The molecule has 0 spiro atoms. The largest absolute Gasteiger partial charge is 0.487 e. The smallest absolute Gasteiger partial charge is 0.230 e. The molecule has 6 rings (SSSR count). The van der Waals surface area contributed by atoms with Crippen molar-refractivity contribution in [3.8, 4) is 29.0 Å². The van der Waals surface area contributed by atoms with Gasteiger partial charge in [0.25, 0.3) is 0 Å². The van der Waals surface area contributed by atoms with Crippen LogP contribution in [0.2, 0.25) is 0 Å². The van der Waals surface area contributed by atoms with Gasteiger partial charge >= 0.3 is 0 Å². The van der Waals surface area contributed by atoms with Crippen molar-refractivity contribution in [3.63, 3.8) is 0 Å². The first-order valence-corrected chi connectivity index (χ1v) is 13.8. The highest BCUT2D eigenvalue weighted by Gasteiger charge is 2.36. The van der Waals surface area contributed by atoms with Crippen molar-refractivity contribution in [2.45, 2.75) is 43.4 Å². The lowest BCUT2D eigenvalue weighted by Gasteiger charge is -2.42. The van der Waals surface area contributed by atoms with E-state index < -0.39 is 24.6 Å². The standard InChI is InChI=1S/C29H31F2N7O3/c30-23-13-33-9-7-26(23)41-25-6-1-18(11-19(25)12-32)28-34-17-35-29(37-28)36-20-2-4-22(5-3-20)40-27-8-10-38(14-24(27)31)21-15-39-16-21/h1-6,11,17,21,23-24,26-27,33H,7-10,13-16H2,(H,34,35,36,37)/t23-,24-,26+,27+/m1/s1. The first-order chi connectivity index (χ1) is 20.1. The molecule has 2 N–H and O–H groups in total. The van der Waals surface area contributed by atoms with Gasteiger partial charge in [-0.3, -0.25) is 4.90 Å². The van der Waals surface area contributed by atoms with Crippen LogP contribution in [0, 0.1) is 11.3 Å². The molecule has 10 nitrogen and oxygen atoms in total. The van der Waals surface area contributed by atoms with Crippen LogP contribution in [0.15, 0.2) is 48.8 Å². The Labute approximate surface area is 236 Å². The number of ether oxygens (including phenoxy) is 3. The number of anilines is 2. The van der Waals surface area contributed by atoms with Gasteiger partial charge in [-0.1, -0.05) is 0 Å². The molecule has 0 aliphatic carbocycles. The Morgan fingerprint density at radius 2 is 1.85 bits per heavy atom. The van der Waals surface area contributed by atoms with E-state index in [1.54, 1.807) is 30.3 Å². The van der Waals surface area contributed by atoms with E-state index >= 15 is 0 Å². The summed E-state index contributed by atoms with van der Waals surface area (Å²) >= 11 is 0. The van der Waals surface area contributed by atoms with Crippen molar-refractivity contribution in [2.75, 3.05) is 44.7 Å². The SMILES string of the molecule is N#Cc1cc(-c2ncnc(Nc3ccc(O[C@H]4CCN(C5COC5)C[C@H]4F)cc3)n2)ccc1O[C@H]1CCNC[C@H]1F. The molecule has 4 atom stereocenters. The summed E-state index contributed by atoms with van der Waals surface area (Å²) in [6.45, 7) is 3.41. The zero-order chi connectivity index (χ0) is 28.2. The number of likely N-dealkylation sites (tertiary alicyclic amines) is 1. The summed E-state index contributed by atoms with van der Waals surface area (Å²) in [6, 6.07) is 14.6. The second-order valence-electron chi connectivity index (χ2n) is 10.4. The summed E-state index contributed by atoms with van der Waals surface area (Å²) in [7, 11) is 0. The normalized spacial score (nSPS) is 25.1. The Morgan fingerprint density at radius 1 is 1.02 bits per heavy atom. The Morgan fingerprint density at radius 3 is 2.59 bits per heavy atom. The minimum atomic E-state index is -1.14. The van der Waals surface area contributed by atoms with E-state index in [4.69, 9.17) is 14.2 Å². The van der Waals surface area contributed by atoms with Crippen LogP contribution < -0.4 is 20.1 Å². The molecule has 12 heteroatoms. The molecule has 3 fully saturated rings. The summed E-state index contributed by atoms with van der Waals surface area (Å²) in [5.74, 6) is 1.60. The van der Waals surface area contributed by atoms with E-state index in [2.05, 4.69) is 36.6 Å². The first-order valence-electron chi connectivity index (χ1n) is 13.8. The van der Waals surface area contributed by atoms with Crippen molar-refractivity contribution in [1.82, 2.24) is 25.2 Å². The third-order valence-electron chi connectivity index (χ3n) is 7.60. The molecule has 3 saturated heterocycles. The van der Waals surface area contributed by atoms with E-state index in [9.17, 15) is 14.0 Å². The van der Waals surface area contributed by atoms with Gasteiger partial charge in [-0.2, -0.15) is 10.2 Å².